The minimum Gasteiger partial charge on any atom is -0.458 e. The summed E-state index contributed by atoms with van der Waals surface area (Å²) in [4.78, 5) is 36.4. The van der Waals surface area contributed by atoms with Gasteiger partial charge in [0.05, 0.1) is 0 Å². The van der Waals surface area contributed by atoms with Crippen LogP contribution in [0.2, 0.25) is 0 Å². The van der Waals surface area contributed by atoms with Gasteiger partial charge in [0.25, 0.3) is 0 Å². The Kier molecular flexibility index (Phi) is 7.18. The Morgan fingerprint density at radius 1 is 1.03 bits per heavy atom. The van der Waals surface area contributed by atoms with Crippen molar-refractivity contribution >= 4 is 18.0 Å². The van der Waals surface area contributed by atoms with Crippen LogP contribution in [-0.4, -0.2) is 36.2 Å². The third-order valence-corrected chi connectivity index (χ3v) is 5.83. The maximum absolute atomic E-state index is 12.6. The molecule has 0 aliphatic heterocycles. The molecule has 32 heavy (non-hydrogen) atoms. The summed E-state index contributed by atoms with van der Waals surface area (Å²) in [6, 6.07) is 15.0. The highest BCUT2D eigenvalue weighted by atomic mass is 16.6. The van der Waals surface area contributed by atoms with Gasteiger partial charge in [-0.05, 0) is 48.9 Å². The van der Waals surface area contributed by atoms with E-state index in [-0.39, 0.29) is 25.4 Å². The van der Waals surface area contributed by atoms with Crippen LogP contribution in [0.4, 0.5) is 4.79 Å². The van der Waals surface area contributed by atoms with Gasteiger partial charge < -0.3 is 20.5 Å². The number of alkyl carbamates (subject to hydrolysis) is 1. The molecule has 2 aromatic carbocycles. The second kappa shape index (κ2) is 9.85. The van der Waals surface area contributed by atoms with Gasteiger partial charge in [-0.25, -0.2) is 9.59 Å². The summed E-state index contributed by atoms with van der Waals surface area (Å²) in [6.45, 7) is 5.58. The zero-order valence-electron chi connectivity index (χ0n) is 18.7. The van der Waals surface area contributed by atoms with Crippen LogP contribution in [0.25, 0.3) is 11.1 Å². The number of primary amides is 1. The lowest BCUT2D eigenvalue weighted by atomic mass is 9.98. The van der Waals surface area contributed by atoms with E-state index in [9.17, 15) is 14.4 Å². The van der Waals surface area contributed by atoms with E-state index in [2.05, 4.69) is 17.4 Å². The molecule has 0 radical (unpaired) electrons. The molecule has 2 amide bonds. The van der Waals surface area contributed by atoms with Crippen LogP contribution in [0, 0.1) is 0 Å². The van der Waals surface area contributed by atoms with Crippen molar-refractivity contribution in [1.29, 1.82) is 0 Å². The number of benzene rings is 2. The fourth-order valence-corrected chi connectivity index (χ4v) is 3.73. The summed E-state index contributed by atoms with van der Waals surface area (Å²) in [5.41, 5.74) is 8.97. The SMILES string of the molecule is CCC(C)(C)OC(=O)[C@H](CCC(N)=O)NC(=O)OCC1c2ccccc2-c2ccccc21. The van der Waals surface area contributed by atoms with Crippen molar-refractivity contribution in [2.45, 2.75) is 57.6 Å². The second-order valence-corrected chi connectivity index (χ2v) is 8.56. The first kappa shape index (κ1) is 23.3. The van der Waals surface area contributed by atoms with E-state index < -0.39 is 29.6 Å². The van der Waals surface area contributed by atoms with Crippen molar-refractivity contribution in [1.82, 2.24) is 5.32 Å². The zero-order valence-corrected chi connectivity index (χ0v) is 18.7. The number of rotatable bonds is 9. The maximum Gasteiger partial charge on any atom is 0.407 e. The molecule has 3 rings (SSSR count). The van der Waals surface area contributed by atoms with Crippen molar-refractivity contribution in [3.63, 3.8) is 0 Å². The molecule has 0 bridgehead atoms. The van der Waals surface area contributed by atoms with Gasteiger partial charge in [-0.3, -0.25) is 4.79 Å². The number of esters is 1. The average molecular weight is 439 g/mol. The molecule has 0 fully saturated rings. The van der Waals surface area contributed by atoms with Gasteiger partial charge in [0.15, 0.2) is 0 Å². The first-order chi connectivity index (χ1) is 15.2. The third kappa shape index (κ3) is 5.46. The van der Waals surface area contributed by atoms with Gasteiger partial charge >= 0.3 is 12.1 Å². The summed E-state index contributed by atoms with van der Waals surface area (Å²) in [7, 11) is 0. The van der Waals surface area contributed by atoms with E-state index >= 15 is 0 Å². The molecule has 0 saturated carbocycles. The second-order valence-electron chi connectivity index (χ2n) is 8.56. The third-order valence-electron chi connectivity index (χ3n) is 5.83. The van der Waals surface area contributed by atoms with Gasteiger partial charge in [-0.1, -0.05) is 55.5 Å². The average Bonchev–Trinajstić information content (AvgIpc) is 3.08. The predicted octanol–water partition coefficient (Wildman–Crippen LogP) is 3.89. The van der Waals surface area contributed by atoms with Crippen LogP contribution in [0.3, 0.4) is 0 Å². The minimum absolute atomic E-state index is 0.0398. The molecule has 0 spiro atoms. The Balaban J connectivity index is 1.67. The lowest BCUT2D eigenvalue weighted by Crippen LogP contribution is -2.45. The van der Waals surface area contributed by atoms with Crippen LogP contribution < -0.4 is 11.1 Å². The van der Waals surface area contributed by atoms with Gasteiger partial charge in [-0.2, -0.15) is 0 Å². The highest BCUT2D eigenvalue weighted by Gasteiger charge is 2.31. The number of ether oxygens (including phenoxy) is 2. The normalized spacial score (nSPS) is 13.6. The standard InChI is InChI=1S/C25H30N2O5/c1-4-25(2,3)32-23(29)21(13-14-22(26)28)27-24(30)31-15-20-18-11-7-5-9-16(18)17-10-6-8-12-19(17)20/h5-12,20-21H,4,13-15H2,1-3H3,(H2,26,28)(H,27,30)/t21-/m0/s1. The molecule has 1 aliphatic rings. The molecule has 1 atom stereocenters. The van der Waals surface area contributed by atoms with Gasteiger partial charge in [-0.15, -0.1) is 0 Å². The highest BCUT2D eigenvalue weighted by Crippen LogP contribution is 2.44. The fraction of sp³-hybridized carbons (Fsp3) is 0.400. The van der Waals surface area contributed by atoms with E-state index in [1.807, 2.05) is 43.3 Å². The predicted molar refractivity (Wildman–Crippen MR) is 121 cm³/mol. The summed E-state index contributed by atoms with van der Waals surface area (Å²) in [5, 5.41) is 2.55. The summed E-state index contributed by atoms with van der Waals surface area (Å²) in [6.07, 6.45) is -0.159. The quantitative estimate of drug-likeness (QED) is 0.578. The molecule has 3 N–H and O–H groups in total. The molecule has 0 aromatic heterocycles. The molecular formula is C25H30N2O5. The van der Waals surface area contributed by atoms with Crippen molar-refractivity contribution in [3.8, 4) is 11.1 Å². The largest absolute Gasteiger partial charge is 0.458 e. The number of hydrogen-bond donors (Lipinski definition) is 2. The summed E-state index contributed by atoms with van der Waals surface area (Å²) < 4.78 is 11.0. The molecule has 0 unspecified atom stereocenters. The van der Waals surface area contributed by atoms with E-state index in [4.69, 9.17) is 15.2 Å². The van der Waals surface area contributed by atoms with E-state index in [0.29, 0.717) is 6.42 Å². The first-order valence-corrected chi connectivity index (χ1v) is 10.8. The Hall–Kier alpha value is -3.35. The Morgan fingerprint density at radius 3 is 2.12 bits per heavy atom. The van der Waals surface area contributed by atoms with Crippen LogP contribution in [0.1, 0.15) is 57.1 Å². The minimum atomic E-state index is -1.02. The van der Waals surface area contributed by atoms with E-state index in [1.54, 1.807) is 13.8 Å². The Morgan fingerprint density at radius 2 is 1.59 bits per heavy atom. The molecule has 7 nitrogen and oxygen atoms in total. The van der Waals surface area contributed by atoms with Gasteiger partial charge in [0.1, 0.15) is 18.2 Å². The van der Waals surface area contributed by atoms with Crippen LogP contribution in [0.5, 0.6) is 0 Å². The Bertz CT molecular complexity index is 956. The van der Waals surface area contributed by atoms with Crippen LogP contribution in [-0.2, 0) is 19.1 Å². The number of nitrogens with two attached hydrogens (primary N) is 1. The maximum atomic E-state index is 12.6. The first-order valence-electron chi connectivity index (χ1n) is 10.8. The zero-order chi connectivity index (χ0) is 23.3. The number of amides is 2. The van der Waals surface area contributed by atoms with Crippen molar-refractivity contribution in [3.05, 3.63) is 59.7 Å². The number of carbonyl (C=O) groups excluding carboxylic acids is 3. The number of nitrogens with one attached hydrogen (secondary N) is 1. The van der Waals surface area contributed by atoms with E-state index in [1.165, 1.54) is 0 Å². The summed E-state index contributed by atoms with van der Waals surface area (Å²) >= 11 is 0. The van der Waals surface area contributed by atoms with E-state index in [0.717, 1.165) is 22.3 Å². The van der Waals surface area contributed by atoms with Gasteiger partial charge in [0, 0.05) is 12.3 Å². The molecular weight excluding hydrogens is 408 g/mol. The number of fused-ring (bicyclic) bond motifs is 3. The van der Waals surface area contributed by atoms with Crippen LogP contribution in [0.15, 0.2) is 48.5 Å². The number of carbonyl (C=O) groups is 3. The monoisotopic (exact) mass is 438 g/mol. The lowest BCUT2D eigenvalue weighted by molar-refractivity contribution is -0.159. The van der Waals surface area contributed by atoms with Crippen molar-refractivity contribution in [2.24, 2.45) is 5.73 Å². The number of hydrogen-bond acceptors (Lipinski definition) is 5. The van der Waals surface area contributed by atoms with Gasteiger partial charge in [0.2, 0.25) is 5.91 Å². The molecule has 0 saturated heterocycles. The Labute approximate surface area is 188 Å². The molecule has 1 aliphatic carbocycles. The van der Waals surface area contributed by atoms with Crippen LogP contribution >= 0.6 is 0 Å². The smallest absolute Gasteiger partial charge is 0.407 e. The topological polar surface area (TPSA) is 108 Å². The molecule has 170 valence electrons. The fourth-order valence-electron chi connectivity index (χ4n) is 3.73. The molecule has 2 aromatic rings. The lowest BCUT2D eigenvalue weighted by Gasteiger charge is -2.26. The summed E-state index contributed by atoms with van der Waals surface area (Å²) in [5.74, 6) is -1.28. The molecule has 0 heterocycles. The van der Waals surface area contributed by atoms with Crippen molar-refractivity contribution in [2.75, 3.05) is 6.61 Å². The van der Waals surface area contributed by atoms with Crippen molar-refractivity contribution < 1.29 is 23.9 Å². The molecule has 7 heteroatoms. The highest BCUT2D eigenvalue weighted by molar-refractivity contribution is 5.83.